The zero-order valence-corrected chi connectivity index (χ0v) is 16.6. The highest BCUT2D eigenvalue weighted by Gasteiger charge is 2.54. The molecular formula is C20H28BrNO3. The van der Waals surface area contributed by atoms with E-state index in [-0.39, 0.29) is 5.91 Å². The van der Waals surface area contributed by atoms with E-state index in [1.165, 1.54) is 32.1 Å². The first kappa shape index (κ1) is 18.9. The van der Waals surface area contributed by atoms with Crippen molar-refractivity contribution in [1.82, 2.24) is 0 Å². The number of anilines is 1. The summed E-state index contributed by atoms with van der Waals surface area (Å²) in [6, 6.07) is 5.93. The minimum absolute atomic E-state index is 0.0636. The summed E-state index contributed by atoms with van der Waals surface area (Å²) in [7, 11) is 0. The van der Waals surface area contributed by atoms with Gasteiger partial charge in [0.05, 0.1) is 18.9 Å². The largest absolute Gasteiger partial charge is 0.338 e. The Morgan fingerprint density at radius 2 is 1.76 bits per heavy atom. The standard InChI is InChI=1S/C20H28BrNO3/c1-2-3-4-5-6-7-8-12-22-18-11-10-16(21)15-17(18)20(19(22)23)24-13-9-14-25-20/h10-11,15H,2-9,12-14H2,1H3. The minimum Gasteiger partial charge on any atom is -0.338 e. The van der Waals surface area contributed by atoms with Crippen LogP contribution in [0, 0.1) is 0 Å². The van der Waals surface area contributed by atoms with E-state index in [9.17, 15) is 4.79 Å². The first-order valence-corrected chi connectivity index (χ1v) is 10.4. The first-order chi connectivity index (χ1) is 12.2. The van der Waals surface area contributed by atoms with Crippen LogP contribution in [0.4, 0.5) is 5.69 Å². The highest BCUT2D eigenvalue weighted by atomic mass is 79.9. The van der Waals surface area contributed by atoms with Gasteiger partial charge in [-0.15, -0.1) is 0 Å². The lowest BCUT2D eigenvalue weighted by molar-refractivity contribution is -0.256. The number of amides is 1. The van der Waals surface area contributed by atoms with Crippen molar-refractivity contribution in [2.75, 3.05) is 24.7 Å². The molecule has 0 aliphatic carbocycles. The summed E-state index contributed by atoms with van der Waals surface area (Å²) in [5, 5.41) is 0. The van der Waals surface area contributed by atoms with Crippen LogP contribution in [0.3, 0.4) is 0 Å². The Morgan fingerprint density at radius 3 is 2.48 bits per heavy atom. The quantitative estimate of drug-likeness (QED) is 0.558. The summed E-state index contributed by atoms with van der Waals surface area (Å²) in [6.45, 7) is 4.08. The highest BCUT2D eigenvalue weighted by molar-refractivity contribution is 9.10. The Hall–Kier alpha value is -0.910. The molecule has 0 bridgehead atoms. The van der Waals surface area contributed by atoms with Crippen LogP contribution in [0.25, 0.3) is 0 Å². The molecule has 3 rings (SSSR count). The van der Waals surface area contributed by atoms with Crippen molar-refractivity contribution < 1.29 is 14.3 Å². The summed E-state index contributed by atoms with van der Waals surface area (Å²) < 4.78 is 12.7. The fourth-order valence-electron chi connectivity index (χ4n) is 3.67. The van der Waals surface area contributed by atoms with Gasteiger partial charge in [-0.2, -0.15) is 0 Å². The van der Waals surface area contributed by atoms with Crippen LogP contribution in [-0.4, -0.2) is 25.7 Å². The van der Waals surface area contributed by atoms with Crippen molar-refractivity contribution in [1.29, 1.82) is 0 Å². The molecule has 0 saturated carbocycles. The smallest absolute Gasteiger partial charge is 0.292 e. The van der Waals surface area contributed by atoms with Gasteiger partial charge in [-0.25, -0.2) is 0 Å². The number of unbranched alkanes of at least 4 members (excludes halogenated alkanes) is 6. The molecule has 2 aliphatic heterocycles. The van der Waals surface area contributed by atoms with Crippen LogP contribution in [-0.2, 0) is 20.1 Å². The van der Waals surface area contributed by atoms with Crippen LogP contribution >= 0.6 is 15.9 Å². The highest BCUT2D eigenvalue weighted by Crippen LogP contribution is 2.46. The van der Waals surface area contributed by atoms with E-state index >= 15 is 0 Å². The lowest BCUT2D eigenvalue weighted by Crippen LogP contribution is -2.47. The topological polar surface area (TPSA) is 38.8 Å². The number of ether oxygens (including phenoxy) is 2. The fraction of sp³-hybridized carbons (Fsp3) is 0.650. The number of fused-ring (bicyclic) bond motifs is 2. The predicted molar refractivity (Wildman–Crippen MR) is 103 cm³/mol. The van der Waals surface area contributed by atoms with E-state index in [1.807, 2.05) is 23.1 Å². The molecule has 0 unspecified atom stereocenters. The maximum Gasteiger partial charge on any atom is 0.292 e. The molecular weight excluding hydrogens is 382 g/mol. The molecule has 4 nitrogen and oxygen atoms in total. The average molecular weight is 410 g/mol. The van der Waals surface area contributed by atoms with Gasteiger partial charge in [-0.3, -0.25) is 4.79 Å². The summed E-state index contributed by atoms with van der Waals surface area (Å²) in [4.78, 5) is 15.0. The van der Waals surface area contributed by atoms with E-state index < -0.39 is 5.79 Å². The molecule has 1 spiro atoms. The molecule has 0 aromatic heterocycles. The van der Waals surface area contributed by atoms with Gasteiger partial charge in [0.25, 0.3) is 11.7 Å². The third-order valence-electron chi connectivity index (χ3n) is 5.02. The third kappa shape index (κ3) is 3.93. The van der Waals surface area contributed by atoms with Gasteiger partial charge in [0.1, 0.15) is 0 Å². The van der Waals surface area contributed by atoms with Crippen LogP contribution in [0.2, 0.25) is 0 Å². The number of halogens is 1. The number of carbonyl (C=O) groups is 1. The number of nitrogens with zero attached hydrogens (tertiary/aromatic N) is 1. The number of hydrogen-bond acceptors (Lipinski definition) is 3. The summed E-state index contributed by atoms with van der Waals surface area (Å²) in [6.07, 6.45) is 9.46. The number of benzene rings is 1. The predicted octanol–water partition coefficient (Wildman–Crippen LogP) is 5.14. The Kier molecular flexibility index (Phi) is 6.53. The third-order valence-corrected chi connectivity index (χ3v) is 5.51. The van der Waals surface area contributed by atoms with Gasteiger partial charge in [-0.1, -0.05) is 61.4 Å². The van der Waals surface area contributed by atoms with E-state index in [0.29, 0.717) is 13.2 Å². The molecule has 1 aromatic carbocycles. The zero-order valence-electron chi connectivity index (χ0n) is 15.1. The van der Waals surface area contributed by atoms with E-state index in [4.69, 9.17) is 9.47 Å². The van der Waals surface area contributed by atoms with Crippen molar-refractivity contribution in [3.05, 3.63) is 28.2 Å². The lowest BCUT2D eigenvalue weighted by atomic mass is 10.1. The molecule has 1 amide bonds. The molecule has 2 heterocycles. The second-order valence-corrected chi connectivity index (χ2v) is 7.82. The molecule has 1 aromatic rings. The SMILES string of the molecule is CCCCCCCCCN1C(=O)C2(OCCCO2)c2cc(Br)ccc21. The molecule has 0 atom stereocenters. The average Bonchev–Trinajstić information content (AvgIpc) is 2.84. The van der Waals surface area contributed by atoms with Gasteiger partial charge >= 0.3 is 0 Å². The van der Waals surface area contributed by atoms with Gasteiger partial charge in [0.15, 0.2) is 0 Å². The molecule has 0 N–H and O–H groups in total. The Morgan fingerprint density at radius 1 is 1.08 bits per heavy atom. The van der Waals surface area contributed by atoms with Crippen molar-refractivity contribution in [2.24, 2.45) is 0 Å². The Bertz CT molecular complexity index is 599. The van der Waals surface area contributed by atoms with Crippen LogP contribution in [0.5, 0.6) is 0 Å². The number of carbonyl (C=O) groups excluding carboxylic acids is 1. The summed E-state index contributed by atoms with van der Waals surface area (Å²) in [5.74, 6) is -1.29. The zero-order chi connectivity index (χ0) is 17.7. The fourth-order valence-corrected chi connectivity index (χ4v) is 4.03. The van der Waals surface area contributed by atoms with Crippen molar-refractivity contribution >= 4 is 27.5 Å². The maximum atomic E-state index is 13.1. The van der Waals surface area contributed by atoms with E-state index in [0.717, 1.165) is 41.5 Å². The van der Waals surface area contributed by atoms with Gasteiger partial charge in [-0.05, 0) is 31.0 Å². The van der Waals surface area contributed by atoms with Gasteiger partial charge in [0.2, 0.25) is 0 Å². The second-order valence-electron chi connectivity index (χ2n) is 6.91. The van der Waals surface area contributed by atoms with Crippen molar-refractivity contribution in [2.45, 2.75) is 64.1 Å². The first-order valence-electron chi connectivity index (χ1n) is 9.59. The monoisotopic (exact) mass is 409 g/mol. The summed E-state index contributed by atoms with van der Waals surface area (Å²) >= 11 is 3.51. The molecule has 138 valence electrons. The molecule has 1 saturated heterocycles. The molecule has 0 radical (unpaired) electrons. The van der Waals surface area contributed by atoms with Crippen LogP contribution < -0.4 is 4.90 Å². The normalized spacial score (nSPS) is 18.8. The summed E-state index contributed by atoms with van der Waals surface area (Å²) in [5.41, 5.74) is 1.77. The van der Waals surface area contributed by atoms with Crippen LogP contribution in [0.15, 0.2) is 22.7 Å². The Labute approximate surface area is 159 Å². The van der Waals surface area contributed by atoms with Crippen LogP contribution in [0.1, 0.15) is 63.9 Å². The van der Waals surface area contributed by atoms with E-state index in [2.05, 4.69) is 22.9 Å². The van der Waals surface area contributed by atoms with Crippen molar-refractivity contribution in [3.8, 4) is 0 Å². The molecule has 1 fully saturated rings. The molecule has 5 heteroatoms. The molecule has 25 heavy (non-hydrogen) atoms. The van der Waals surface area contributed by atoms with E-state index in [1.54, 1.807) is 0 Å². The van der Waals surface area contributed by atoms with Gasteiger partial charge in [0, 0.05) is 16.6 Å². The number of rotatable bonds is 8. The van der Waals surface area contributed by atoms with Crippen molar-refractivity contribution in [3.63, 3.8) is 0 Å². The minimum atomic E-state index is -1.22. The lowest BCUT2D eigenvalue weighted by Gasteiger charge is -2.32. The van der Waals surface area contributed by atoms with Gasteiger partial charge < -0.3 is 14.4 Å². The second kappa shape index (κ2) is 8.65. The Balaban J connectivity index is 1.66. The number of hydrogen-bond donors (Lipinski definition) is 0. The molecule has 2 aliphatic rings. The maximum absolute atomic E-state index is 13.1.